The van der Waals surface area contributed by atoms with Crippen molar-refractivity contribution in [3.63, 3.8) is 0 Å². The smallest absolute Gasteiger partial charge is 0.149 e. The van der Waals surface area contributed by atoms with Gasteiger partial charge in [0.15, 0.2) is 0 Å². The highest BCUT2D eigenvalue weighted by Crippen LogP contribution is 2.44. The van der Waals surface area contributed by atoms with Crippen molar-refractivity contribution in [1.29, 1.82) is 0 Å². The van der Waals surface area contributed by atoms with Crippen LogP contribution in [0.4, 0.5) is 0 Å². The molecule has 0 aliphatic rings. The lowest BCUT2D eigenvalue weighted by Gasteiger charge is -2.22. The van der Waals surface area contributed by atoms with Gasteiger partial charge in [-0.05, 0) is 123 Å². The fourth-order valence-corrected chi connectivity index (χ4v) is 8.37. The molecule has 0 spiro atoms. The lowest BCUT2D eigenvalue weighted by atomic mass is 9.83. The molecule has 0 saturated heterocycles. The summed E-state index contributed by atoms with van der Waals surface area (Å²) in [4.78, 5) is 10.6. The van der Waals surface area contributed by atoms with Gasteiger partial charge in [-0.25, -0.2) is 4.98 Å². The van der Waals surface area contributed by atoms with Crippen molar-refractivity contribution >= 4 is 11.0 Å². The van der Waals surface area contributed by atoms with Crippen LogP contribution >= 0.6 is 0 Å². The van der Waals surface area contributed by atoms with Gasteiger partial charge in [0.25, 0.3) is 0 Å². The Hall–Kier alpha value is -6.26. The van der Waals surface area contributed by atoms with Crippen LogP contribution in [-0.2, 0) is 10.8 Å². The van der Waals surface area contributed by atoms with Crippen molar-refractivity contribution in [2.24, 2.45) is 0 Å². The number of para-hydroxylation sites is 1. The maximum atomic E-state index is 12.2. The molecule has 1 N–H and O–H groups in total. The second kappa shape index (κ2) is 16.0. The number of fused-ring (bicyclic) bond motifs is 1. The second-order valence-electron chi connectivity index (χ2n) is 19.5. The van der Waals surface area contributed by atoms with Gasteiger partial charge in [-0.3, -0.25) is 9.55 Å². The molecule has 0 fully saturated rings. The number of aromatic nitrogens is 3. The van der Waals surface area contributed by atoms with Crippen LogP contribution in [0.5, 0.6) is 5.75 Å². The van der Waals surface area contributed by atoms with Crippen LogP contribution in [-0.4, -0.2) is 19.6 Å². The molecule has 61 heavy (non-hydrogen) atoms. The van der Waals surface area contributed by atoms with E-state index in [9.17, 15) is 5.11 Å². The highest BCUT2D eigenvalue weighted by molar-refractivity contribution is 5.98. The zero-order valence-electron chi connectivity index (χ0n) is 37.7. The minimum Gasteiger partial charge on any atom is -0.507 e. The zero-order chi connectivity index (χ0) is 43.4. The minimum atomic E-state index is -0.133. The fraction of sp³-hybridized carbons (Fsp3) is 0.263. The van der Waals surface area contributed by atoms with E-state index in [4.69, 9.17) is 9.97 Å². The first-order chi connectivity index (χ1) is 29.0. The van der Waals surface area contributed by atoms with Crippen LogP contribution in [0.3, 0.4) is 0 Å². The third-order valence-corrected chi connectivity index (χ3v) is 12.1. The standard InChI is InChI=1S/C57H59N3O/c1-35(2)41-32-47(36(3)4)54(61)49(33-41)55-59-53-46(18-15-19-52(53)60(55)51-25-20-37(5)28-48(51)39-16-13-12-14-17-39)42-29-43(31-45(30-42)57(9,10)11)50-34-40(26-27-58-50)38-21-23-44(24-22-38)56(6,7)8/h12-36,61H,1-11H3. The summed E-state index contributed by atoms with van der Waals surface area (Å²) in [5, 5.41) is 12.2. The predicted octanol–water partition coefficient (Wildman–Crippen LogP) is 15.6. The molecule has 0 unspecified atom stereocenters. The molecule has 0 radical (unpaired) electrons. The molecule has 308 valence electrons. The molecule has 4 nitrogen and oxygen atoms in total. The third kappa shape index (κ3) is 8.16. The van der Waals surface area contributed by atoms with Gasteiger partial charge in [-0.15, -0.1) is 0 Å². The number of rotatable bonds is 8. The summed E-state index contributed by atoms with van der Waals surface area (Å²) in [5.74, 6) is 1.38. The van der Waals surface area contributed by atoms with Crippen molar-refractivity contribution in [3.05, 3.63) is 167 Å². The first-order valence-corrected chi connectivity index (χ1v) is 21.8. The maximum absolute atomic E-state index is 12.2. The lowest BCUT2D eigenvalue weighted by molar-refractivity contribution is 0.466. The Balaban J connectivity index is 1.39. The molecule has 0 amide bonds. The average molecular weight is 802 g/mol. The lowest BCUT2D eigenvalue weighted by Crippen LogP contribution is -2.11. The molecule has 8 aromatic rings. The molecule has 0 aliphatic heterocycles. The predicted molar refractivity (Wildman–Crippen MR) is 258 cm³/mol. The number of imidazole rings is 1. The monoisotopic (exact) mass is 801 g/mol. The molecule has 2 heterocycles. The molecule has 8 rings (SSSR count). The van der Waals surface area contributed by atoms with E-state index in [1.807, 2.05) is 6.20 Å². The van der Waals surface area contributed by atoms with E-state index in [-0.39, 0.29) is 28.4 Å². The molecule has 6 aromatic carbocycles. The van der Waals surface area contributed by atoms with Crippen LogP contribution in [0.25, 0.3) is 72.7 Å². The van der Waals surface area contributed by atoms with Gasteiger partial charge in [-0.2, -0.15) is 0 Å². The molecule has 0 saturated carbocycles. The number of nitrogens with zero attached hydrogens (tertiary/aromatic N) is 3. The van der Waals surface area contributed by atoms with Crippen molar-refractivity contribution in [3.8, 4) is 67.5 Å². The first-order valence-electron chi connectivity index (χ1n) is 21.8. The highest BCUT2D eigenvalue weighted by Gasteiger charge is 2.26. The molecular formula is C57H59N3O. The average Bonchev–Trinajstić information content (AvgIpc) is 3.62. The summed E-state index contributed by atoms with van der Waals surface area (Å²) in [6, 6.07) is 48.1. The number of hydrogen-bond acceptors (Lipinski definition) is 3. The molecule has 0 aliphatic carbocycles. The SMILES string of the molecule is Cc1ccc(-n2c(-c3cc(C(C)C)cc(C(C)C)c3O)nc3c(-c4cc(-c5cc(-c6ccc(C(C)(C)C)cc6)ccn5)cc(C(C)(C)C)c4)cccc32)c(-c2ccccc2)c1. The van der Waals surface area contributed by atoms with Gasteiger partial charge in [0, 0.05) is 22.9 Å². The van der Waals surface area contributed by atoms with Crippen molar-refractivity contribution in [2.45, 2.75) is 98.8 Å². The van der Waals surface area contributed by atoms with Gasteiger partial charge in [0.1, 0.15) is 11.6 Å². The quantitative estimate of drug-likeness (QED) is 0.166. The summed E-state index contributed by atoms with van der Waals surface area (Å²) in [5.41, 5.74) is 17.9. The Morgan fingerprint density at radius 3 is 1.92 bits per heavy atom. The topological polar surface area (TPSA) is 50.9 Å². The van der Waals surface area contributed by atoms with Crippen LogP contribution in [0.2, 0.25) is 0 Å². The Morgan fingerprint density at radius 2 is 1.25 bits per heavy atom. The number of aromatic hydroxyl groups is 1. The van der Waals surface area contributed by atoms with E-state index in [2.05, 4.69) is 214 Å². The van der Waals surface area contributed by atoms with E-state index in [0.29, 0.717) is 5.82 Å². The summed E-state index contributed by atoms with van der Waals surface area (Å²) in [6.45, 7) is 24.4. The van der Waals surface area contributed by atoms with Crippen LogP contribution < -0.4 is 0 Å². The van der Waals surface area contributed by atoms with Crippen LogP contribution in [0.1, 0.15) is 109 Å². The second-order valence-corrected chi connectivity index (χ2v) is 19.5. The molecular weight excluding hydrogens is 743 g/mol. The number of hydrogen-bond donors (Lipinski definition) is 1. The van der Waals surface area contributed by atoms with E-state index in [1.165, 1.54) is 27.8 Å². The van der Waals surface area contributed by atoms with E-state index in [0.717, 1.165) is 66.9 Å². The molecule has 0 atom stereocenters. The zero-order valence-corrected chi connectivity index (χ0v) is 37.7. The molecule has 4 heteroatoms. The Labute approximate surface area is 363 Å². The van der Waals surface area contributed by atoms with Crippen LogP contribution in [0.15, 0.2) is 140 Å². The minimum absolute atomic E-state index is 0.0883. The fourth-order valence-electron chi connectivity index (χ4n) is 8.37. The van der Waals surface area contributed by atoms with E-state index in [1.54, 1.807) is 0 Å². The third-order valence-electron chi connectivity index (χ3n) is 12.1. The number of phenols is 1. The Bertz CT molecular complexity index is 2880. The summed E-state index contributed by atoms with van der Waals surface area (Å²) in [6.07, 6.45) is 1.93. The van der Waals surface area contributed by atoms with Crippen LogP contribution in [0, 0.1) is 6.92 Å². The van der Waals surface area contributed by atoms with Gasteiger partial charge < -0.3 is 5.11 Å². The maximum Gasteiger partial charge on any atom is 0.149 e. The van der Waals surface area contributed by atoms with Crippen molar-refractivity contribution < 1.29 is 5.11 Å². The van der Waals surface area contributed by atoms with Gasteiger partial charge in [0.05, 0.1) is 28.0 Å². The largest absolute Gasteiger partial charge is 0.507 e. The number of phenolic OH excluding ortho intramolecular Hbond substituents is 1. The number of pyridine rings is 1. The Kier molecular flexibility index (Phi) is 10.9. The summed E-state index contributed by atoms with van der Waals surface area (Å²) in [7, 11) is 0. The first kappa shape index (κ1) is 41.5. The number of benzene rings is 6. The van der Waals surface area contributed by atoms with Crippen molar-refractivity contribution in [2.75, 3.05) is 0 Å². The summed E-state index contributed by atoms with van der Waals surface area (Å²) >= 11 is 0. The van der Waals surface area contributed by atoms with Gasteiger partial charge in [-0.1, -0.05) is 160 Å². The van der Waals surface area contributed by atoms with Crippen molar-refractivity contribution in [1.82, 2.24) is 14.5 Å². The van der Waals surface area contributed by atoms with Gasteiger partial charge >= 0.3 is 0 Å². The van der Waals surface area contributed by atoms with Gasteiger partial charge in [0.2, 0.25) is 0 Å². The normalized spacial score (nSPS) is 12.2. The summed E-state index contributed by atoms with van der Waals surface area (Å²) < 4.78 is 2.27. The van der Waals surface area contributed by atoms with E-state index >= 15 is 0 Å². The van der Waals surface area contributed by atoms with E-state index < -0.39 is 0 Å². The number of aryl methyl sites for hydroxylation is 1. The highest BCUT2D eigenvalue weighted by atomic mass is 16.3. The molecule has 0 bridgehead atoms. The Morgan fingerprint density at radius 1 is 0.541 bits per heavy atom. The molecule has 2 aromatic heterocycles.